The Morgan fingerprint density at radius 2 is 2.28 bits per heavy atom. The van der Waals surface area contributed by atoms with Gasteiger partial charge in [-0.3, -0.25) is 0 Å². The number of nitrogens with one attached hydrogen (secondary N) is 1. The first-order chi connectivity index (χ1) is 8.56. The molecule has 2 atom stereocenters. The lowest BCUT2D eigenvalue weighted by atomic mass is 9.99. The van der Waals surface area contributed by atoms with Gasteiger partial charge in [0.05, 0.1) is 0 Å². The highest BCUT2D eigenvalue weighted by molar-refractivity contribution is 9.10. The van der Waals surface area contributed by atoms with E-state index in [1.54, 1.807) is 0 Å². The molecule has 18 heavy (non-hydrogen) atoms. The van der Waals surface area contributed by atoms with Crippen LogP contribution in [-0.4, -0.2) is 30.6 Å². The van der Waals surface area contributed by atoms with Gasteiger partial charge in [0.2, 0.25) is 0 Å². The molecule has 1 aliphatic rings. The number of likely N-dealkylation sites (tertiary alicyclic amines) is 1. The van der Waals surface area contributed by atoms with Crippen LogP contribution in [0.5, 0.6) is 0 Å². The van der Waals surface area contributed by atoms with E-state index in [4.69, 9.17) is 11.6 Å². The second-order valence-corrected chi connectivity index (χ2v) is 6.49. The van der Waals surface area contributed by atoms with Crippen LogP contribution in [0.25, 0.3) is 0 Å². The van der Waals surface area contributed by atoms with Crippen LogP contribution in [0.4, 0.5) is 0 Å². The summed E-state index contributed by atoms with van der Waals surface area (Å²) in [6.07, 6.45) is 2.43. The molecule has 1 aromatic carbocycles. The molecule has 2 unspecified atom stereocenters. The van der Waals surface area contributed by atoms with Crippen molar-refractivity contribution in [3.05, 3.63) is 33.3 Å². The molecule has 2 nitrogen and oxygen atoms in total. The van der Waals surface area contributed by atoms with E-state index in [1.807, 2.05) is 12.1 Å². The first kappa shape index (κ1) is 14.3. The van der Waals surface area contributed by atoms with Crippen LogP contribution in [-0.2, 0) is 6.54 Å². The number of benzene rings is 1. The average Bonchev–Trinajstić information content (AvgIpc) is 2.32. The number of halogens is 2. The van der Waals surface area contributed by atoms with Crippen molar-refractivity contribution >= 4 is 27.5 Å². The van der Waals surface area contributed by atoms with E-state index in [9.17, 15) is 0 Å². The van der Waals surface area contributed by atoms with Crippen LogP contribution in [0.3, 0.4) is 0 Å². The smallest absolute Gasteiger partial charge is 0.0462 e. The molecule has 0 saturated carbocycles. The van der Waals surface area contributed by atoms with Crippen molar-refractivity contribution in [3.63, 3.8) is 0 Å². The minimum absolute atomic E-state index is 0.607. The topological polar surface area (TPSA) is 15.3 Å². The normalized spacial score (nSPS) is 25.3. The molecule has 0 amide bonds. The summed E-state index contributed by atoms with van der Waals surface area (Å²) < 4.78 is 1.03. The van der Waals surface area contributed by atoms with Gasteiger partial charge in [0.15, 0.2) is 0 Å². The van der Waals surface area contributed by atoms with Crippen molar-refractivity contribution in [2.75, 3.05) is 13.6 Å². The van der Waals surface area contributed by atoms with Crippen molar-refractivity contribution in [2.24, 2.45) is 0 Å². The van der Waals surface area contributed by atoms with Crippen molar-refractivity contribution in [2.45, 2.75) is 38.4 Å². The highest BCUT2D eigenvalue weighted by atomic mass is 79.9. The van der Waals surface area contributed by atoms with Crippen molar-refractivity contribution in [3.8, 4) is 0 Å². The maximum Gasteiger partial charge on any atom is 0.0462 e. The Morgan fingerprint density at radius 3 is 2.94 bits per heavy atom. The Balaban J connectivity index is 1.88. The molecule has 4 heteroatoms. The quantitative estimate of drug-likeness (QED) is 0.909. The minimum Gasteiger partial charge on any atom is -0.310 e. The van der Waals surface area contributed by atoms with Gasteiger partial charge in [0.25, 0.3) is 0 Å². The zero-order valence-corrected chi connectivity index (χ0v) is 13.3. The van der Waals surface area contributed by atoms with Crippen LogP contribution in [0.1, 0.15) is 25.3 Å². The summed E-state index contributed by atoms with van der Waals surface area (Å²) in [5.74, 6) is 0. The zero-order valence-electron chi connectivity index (χ0n) is 10.9. The molecular weight excluding hydrogens is 312 g/mol. The highest BCUT2D eigenvalue weighted by Gasteiger charge is 2.22. The molecule has 1 saturated heterocycles. The van der Waals surface area contributed by atoms with E-state index < -0.39 is 0 Å². The molecular formula is C14H20BrClN2. The Labute approximate surface area is 123 Å². The molecule has 1 aromatic rings. The lowest BCUT2D eigenvalue weighted by molar-refractivity contribution is 0.168. The second-order valence-electron chi connectivity index (χ2n) is 5.17. The van der Waals surface area contributed by atoms with E-state index in [2.05, 4.69) is 46.2 Å². The Morgan fingerprint density at radius 1 is 1.50 bits per heavy atom. The molecule has 1 aliphatic heterocycles. The first-order valence-electron chi connectivity index (χ1n) is 6.44. The number of rotatable bonds is 3. The van der Waals surface area contributed by atoms with Crippen LogP contribution < -0.4 is 5.32 Å². The third-order valence-electron chi connectivity index (χ3n) is 3.80. The zero-order chi connectivity index (χ0) is 13.1. The minimum atomic E-state index is 0.607. The van der Waals surface area contributed by atoms with Gasteiger partial charge in [0.1, 0.15) is 0 Å². The monoisotopic (exact) mass is 330 g/mol. The number of hydrogen-bond acceptors (Lipinski definition) is 2. The molecule has 1 heterocycles. The van der Waals surface area contributed by atoms with Gasteiger partial charge in [-0.1, -0.05) is 33.6 Å². The van der Waals surface area contributed by atoms with Crippen LogP contribution >= 0.6 is 27.5 Å². The summed E-state index contributed by atoms with van der Waals surface area (Å²) in [6, 6.07) is 7.35. The van der Waals surface area contributed by atoms with Crippen molar-refractivity contribution < 1.29 is 0 Å². The van der Waals surface area contributed by atoms with Gasteiger partial charge in [-0.2, -0.15) is 0 Å². The third kappa shape index (κ3) is 3.70. The second kappa shape index (κ2) is 6.38. The molecule has 1 N–H and O–H groups in total. The molecule has 1 fully saturated rings. The number of nitrogens with zero attached hydrogens (tertiary/aromatic N) is 1. The summed E-state index contributed by atoms with van der Waals surface area (Å²) in [4.78, 5) is 2.42. The van der Waals surface area contributed by atoms with Crippen molar-refractivity contribution in [1.29, 1.82) is 0 Å². The Kier molecular flexibility index (Phi) is 5.07. The summed E-state index contributed by atoms with van der Waals surface area (Å²) in [5, 5.41) is 4.45. The predicted molar refractivity (Wildman–Crippen MR) is 81.1 cm³/mol. The van der Waals surface area contributed by atoms with Gasteiger partial charge in [-0.05, 0) is 51.1 Å². The molecule has 0 aliphatic carbocycles. The molecule has 0 radical (unpaired) electrons. The van der Waals surface area contributed by atoms with Gasteiger partial charge >= 0.3 is 0 Å². The van der Waals surface area contributed by atoms with Crippen LogP contribution in [0.15, 0.2) is 22.7 Å². The fourth-order valence-electron chi connectivity index (χ4n) is 2.39. The van der Waals surface area contributed by atoms with Gasteiger partial charge in [-0.15, -0.1) is 0 Å². The largest absolute Gasteiger partial charge is 0.310 e. The molecule has 2 rings (SSSR count). The number of piperidine rings is 1. The fraction of sp³-hybridized carbons (Fsp3) is 0.571. The molecule has 0 bridgehead atoms. The lowest BCUT2D eigenvalue weighted by Crippen LogP contribution is -2.45. The van der Waals surface area contributed by atoms with Crippen LogP contribution in [0.2, 0.25) is 5.02 Å². The van der Waals surface area contributed by atoms with E-state index in [-0.39, 0.29) is 0 Å². The lowest BCUT2D eigenvalue weighted by Gasteiger charge is -2.35. The van der Waals surface area contributed by atoms with Gasteiger partial charge < -0.3 is 10.2 Å². The summed E-state index contributed by atoms with van der Waals surface area (Å²) >= 11 is 9.65. The first-order valence-corrected chi connectivity index (χ1v) is 7.61. The highest BCUT2D eigenvalue weighted by Crippen LogP contribution is 2.22. The van der Waals surface area contributed by atoms with E-state index in [0.717, 1.165) is 16.0 Å². The summed E-state index contributed by atoms with van der Waals surface area (Å²) in [6.45, 7) is 4.32. The predicted octanol–water partition coefficient (Wildman–Crippen LogP) is 3.67. The van der Waals surface area contributed by atoms with E-state index in [1.165, 1.54) is 24.9 Å². The SMILES string of the molecule is CC1CC(NCc2ccc(Br)cc2Cl)CCN1C. The maximum absolute atomic E-state index is 6.22. The third-order valence-corrected chi connectivity index (χ3v) is 4.65. The fourth-order valence-corrected chi connectivity index (χ4v) is 3.13. The van der Waals surface area contributed by atoms with Gasteiger partial charge in [0, 0.05) is 28.1 Å². The van der Waals surface area contributed by atoms with E-state index >= 15 is 0 Å². The molecule has 0 aromatic heterocycles. The molecule has 0 spiro atoms. The number of hydrogen-bond donors (Lipinski definition) is 1. The van der Waals surface area contributed by atoms with E-state index in [0.29, 0.717) is 12.1 Å². The van der Waals surface area contributed by atoms with Crippen LogP contribution in [0, 0.1) is 0 Å². The maximum atomic E-state index is 6.22. The molecule has 100 valence electrons. The average molecular weight is 332 g/mol. The summed E-state index contributed by atoms with van der Waals surface area (Å²) in [7, 11) is 2.20. The standard InChI is InChI=1S/C14H20BrClN2/c1-10-7-13(5-6-18(10)2)17-9-11-3-4-12(15)8-14(11)16/h3-4,8,10,13,17H,5-7,9H2,1-2H3. The Bertz CT molecular complexity index is 411. The van der Waals surface area contributed by atoms with Gasteiger partial charge in [-0.25, -0.2) is 0 Å². The summed E-state index contributed by atoms with van der Waals surface area (Å²) in [5.41, 5.74) is 1.17. The Hall–Kier alpha value is -0.0900. The van der Waals surface area contributed by atoms with Crippen molar-refractivity contribution in [1.82, 2.24) is 10.2 Å².